The van der Waals surface area contributed by atoms with E-state index >= 15 is 0 Å². The number of phenols is 1. The second kappa shape index (κ2) is 7.42. The monoisotopic (exact) mass is 349 g/mol. The first-order valence-electron chi connectivity index (χ1n) is 6.68. The van der Waals surface area contributed by atoms with Crippen LogP contribution in [0.3, 0.4) is 0 Å². The van der Waals surface area contributed by atoms with Crippen molar-refractivity contribution in [2.45, 2.75) is 0 Å². The Balaban J connectivity index is 1.97. The highest BCUT2D eigenvalue weighted by atomic mass is 35.5. The highest BCUT2D eigenvalue weighted by Crippen LogP contribution is 2.21. The number of benzene rings is 2. The minimum absolute atomic E-state index is 0.0389. The average Bonchev–Trinajstić information content (AvgIpc) is 2.55. The first kappa shape index (κ1) is 17.2. The lowest BCUT2D eigenvalue weighted by atomic mass is 10.2. The van der Waals surface area contributed by atoms with Gasteiger partial charge in [0.05, 0.1) is 22.1 Å². The number of nitro groups is 1. The lowest BCUT2D eigenvalue weighted by Gasteiger charge is -2.08. The molecule has 9 heteroatoms. The van der Waals surface area contributed by atoms with Crippen LogP contribution < -0.4 is 10.6 Å². The van der Waals surface area contributed by atoms with Crippen LogP contribution in [0.1, 0.15) is 10.4 Å². The van der Waals surface area contributed by atoms with Gasteiger partial charge < -0.3 is 15.7 Å². The quantitative estimate of drug-likeness (QED) is 0.434. The van der Waals surface area contributed by atoms with Gasteiger partial charge in [0.25, 0.3) is 11.6 Å². The van der Waals surface area contributed by atoms with Crippen LogP contribution in [0.15, 0.2) is 42.5 Å². The molecule has 0 aliphatic rings. The summed E-state index contributed by atoms with van der Waals surface area (Å²) in [4.78, 5) is 33.9. The molecule has 2 aromatic rings. The van der Waals surface area contributed by atoms with Gasteiger partial charge in [-0.2, -0.15) is 0 Å². The van der Waals surface area contributed by atoms with Crippen molar-refractivity contribution in [1.29, 1.82) is 0 Å². The van der Waals surface area contributed by atoms with Crippen molar-refractivity contribution in [1.82, 2.24) is 5.32 Å². The van der Waals surface area contributed by atoms with Gasteiger partial charge in [-0.05, 0) is 30.3 Å². The van der Waals surface area contributed by atoms with Gasteiger partial charge in [0.1, 0.15) is 5.75 Å². The molecular weight excluding hydrogens is 338 g/mol. The fourth-order valence-corrected chi connectivity index (χ4v) is 2.01. The lowest BCUT2D eigenvalue weighted by molar-refractivity contribution is -0.384. The molecule has 0 saturated carbocycles. The summed E-state index contributed by atoms with van der Waals surface area (Å²) in [5.74, 6) is -1.15. The van der Waals surface area contributed by atoms with Crippen molar-refractivity contribution >= 4 is 34.8 Å². The van der Waals surface area contributed by atoms with E-state index in [0.717, 1.165) is 6.07 Å². The number of halogens is 1. The van der Waals surface area contributed by atoms with E-state index in [9.17, 15) is 19.7 Å². The number of non-ortho nitro benzene ring substituents is 1. The smallest absolute Gasteiger partial charge is 0.270 e. The number of aromatic hydroxyl groups is 1. The minimum atomic E-state index is -0.704. The number of hydrogen-bond donors (Lipinski definition) is 3. The summed E-state index contributed by atoms with van der Waals surface area (Å²) in [5.41, 5.74) is 0.0711. The number of nitrogens with zero attached hydrogens (tertiary/aromatic N) is 1. The number of nitro benzene ring substituents is 1. The van der Waals surface area contributed by atoms with Crippen molar-refractivity contribution < 1.29 is 19.6 Å². The molecular formula is C15H12ClN3O5. The van der Waals surface area contributed by atoms with Gasteiger partial charge in [0, 0.05) is 17.8 Å². The maximum absolute atomic E-state index is 12.0. The van der Waals surface area contributed by atoms with Crippen LogP contribution in [0, 0.1) is 10.1 Å². The number of hydrogen-bond acceptors (Lipinski definition) is 5. The number of anilines is 1. The van der Waals surface area contributed by atoms with E-state index < -0.39 is 16.7 Å². The van der Waals surface area contributed by atoms with E-state index in [4.69, 9.17) is 16.7 Å². The molecule has 3 N–H and O–H groups in total. The number of carbonyl (C=O) groups excluding carboxylic acids is 2. The minimum Gasteiger partial charge on any atom is -0.508 e. The van der Waals surface area contributed by atoms with Gasteiger partial charge in [0.2, 0.25) is 5.91 Å². The number of nitrogens with one attached hydrogen (secondary N) is 2. The fraction of sp³-hybridized carbons (Fsp3) is 0.0667. The van der Waals surface area contributed by atoms with E-state index in [0.29, 0.717) is 5.69 Å². The second-order valence-electron chi connectivity index (χ2n) is 4.70. The third-order valence-electron chi connectivity index (χ3n) is 2.97. The molecule has 124 valence electrons. The summed E-state index contributed by atoms with van der Waals surface area (Å²) >= 11 is 5.85. The highest BCUT2D eigenvalue weighted by Gasteiger charge is 2.16. The Kier molecular flexibility index (Phi) is 5.33. The number of phenolic OH excluding ortho intramolecular Hbond substituents is 1. The first-order valence-corrected chi connectivity index (χ1v) is 7.05. The summed E-state index contributed by atoms with van der Waals surface area (Å²) in [6, 6.07) is 9.24. The van der Waals surface area contributed by atoms with Gasteiger partial charge >= 0.3 is 0 Å². The predicted molar refractivity (Wildman–Crippen MR) is 87.2 cm³/mol. The summed E-state index contributed by atoms with van der Waals surface area (Å²) in [5, 5.41) is 24.8. The second-order valence-corrected chi connectivity index (χ2v) is 5.11. The van der Waals surface area contributed by atoms with E-state index in [1.807, 2.05) is 0 Å². The Morgan fingerprint density at radius 1 is 1.17 bits per heavy atom. The van der Waals surface area contributed by atoms with Crippen molar-refractivity contribution in [3.8, 4) is 5.75 Å². The van der Waals surface area contributed by atoms with Crippen molar-refractivity contribution in [3.05, 3.63) is 63.2 Å². The molecule has 24 heavy (non-hydrogen) atoms. The molecule has 0 fully saturated rings. The van der Waals surface area contributed by atoms with Crippen molar-refractivity contribution in [2.75, 3.05) is 11.9 Å². The number of amides is 2. The summed E-state index contributed by atoms with van der Waals surface area (Å²) in [7, 11) is 0. The van der Waals surface area contributed by atoms with E-state index in [2.05, 4.69) is 10.6 Å². The van der Waals surface area contributed by atoms with Crippen LogP contribution in [0.25, 0.3) is 0 Å². The van der Waals surface area contributed by atoms with Gasteiger partial charge in [-0.1, -0.05) is 11.6 Å². The predicted octanol–water partition coefficient (Wildman–Crippen LogP) is 2.32. The molecule has 2 amide bonds. The standard InChI is InChI=1S/C15H12ClN3O5/c16-13-6-3-10(19(23)24)7-12(13)15(22)17-8-14(21)18-9-1-4-11(20)5-2-9/h1-7,20H,8H2,(H,17,22)(H,18,21). The van der Waals surface area contributed by atoms with Crippen LogP contribution in [0.2, 0.25) is 5.02 Å². The zero-order valence-corrected chi connectivity index (χ0v) is 12.9. The molecule has 0 radical (unpaired) electrons. The lowest BCUT2D eigenvalue weighted by Crippen LogP contribution is -2.33. The molecule has 0 atom stereocenters. The Labute approximate surface area is 141 Å². The Bertz CT molecular complexity index is 792. The van der Waals surface area contributed by atoms with E-state index in [1.54, 1.807) is 0 Å². The highest BCUT2D eigenvalue weighted by molar-refractivity contribution is 6.34. The van der Waals surface area contributed by atoms with Gasteiger partial charge in [-0.15, -0.1) is 0 Å². The Hall–Kier alpha value is -3.13. The summed E-state index contributed by atoms with van der Waals surface area (Å²) < 4.78 is 0. The third kappa shape index (κ3) is 4.43. The van der Waals surface area contributed by atoms with E-state index in [1.165, 1.54) is 36.4 Å². The van der Waals surface area contributed by atoms with Crippen LogP contribution in [0.4, 0.5) is 11.4 Å². The SMILES string of the molecule is O=C(CNC(=O)c1cc([N+](=O)[O-])ccc1Cl)Nc1ccc(O)cc1. The number of rotatable bonds is 5. The Morgan fingerprint density at radius 3 is 2.46 bits per heavy atom. The third-order valence-corrected chi connectivity index (χ3v) is 3.30. The molecule has 0 spiro atoms. The molecule has 0 aliphatic heterocycles. The van der Waals surface area contributed by atoms with E-state index in [-0.39, 0.29) is 28.6 Å². The normalized spacial score (nSPS) is 10.0. The largest absolute Gasteiger partial charge is 0.508 e. The zero-order valence-electron chi connectivity index (χ0n) is 12.2. The van der Waals surface area contributed by atoms with Gasteiger partial charge in [0.15, 0.2) is 0 Å². The summed E-state index contributed by atoms with van der Waals surface area (Å²) in [6.07, 6.45) is 0. The maximum Gasteiger partial charge on any atom is 0.270 e. The molecule has 8 nitrogen and oxygen atoms in total. The molecule has 2 aromatic carbocycles. The molecule has 0 saturated heterocycles. The van der Waals surface area contributed by atoms with Crippen LogP contribution in [0.5, 0.6) is 5.75 Å². The molecule has 0 bridgehead atoms. The molecule has 2 rings (SSSR count). The molecule has 0 unspecified atom stereocenters. The Morgan fingerprint density at radius 2 is 1.83 bits per heavy atom. The van der Waals surface area contributed by atoms with Crippen LogP contribution >= 0.6 is 11.6 Å². The van der Waals surface area contributed by atoms with Gasteiger partial charge in [-0.3, -0.25) is 19.7 Å². The summed E-state index contributed by atoms with van der Waals surface area (Å²) in [6.45, 7) is -0.348. The first-order chi connectivity index (χ1) is 11.4. The number of carbonyl (C=O) groups is 2. The topological polar surface area (TPSA) is 122 Å². The molecule has 0 heterocycles. The average molecular weight is 350 g/mol. The molecule has 0 aliphatic carbocycles. The van der Waals surface area contributed by atoms with Crippen molar-refractivity contribution in [2.24, 2.45) is 0 Å². The van der Waals surface area contributed by atoms with Gasteiger partial charge in [-0.25, -0.2) is 0 Å². The molecule has 0 aromatic heterocycles. The van der Waals surface area contributed by atoms with Crippen molar-refractivity contribution in [3.63, 3.8) is 0 Å². The maximum atomic E-state index is 12.0. The zero-order chi connectivity index (χ0) is 17.7. The van der Waals surface area contributed by atoms with Crippen LogP contribution in [-0.4, -0.2) is 28.4 Å². The fourth-order valence-electron chi connectivity index (χ4n) is 1.81. The van der Waals surface area contributed by atoms with Crippen LogP contribution in [-0.2, 0) is 4.79 Å².